The van der Waals surface area contributed by atoms with Crippen LogP contribution in [0.25, 0.3) is 11.2 Å². The average Bonchev–Trinajstić information content (AvgIpc) is 3.11. The highest BCUT2D eigenvalue weighted by molar-refractivity contribution is 7.13. The molecule has 29 heavy (non-hydrogen) atoms. The summed E-state index contributed by atoms with van der Waals surface area (Å²) in [7, 11) is 0. The normalized spacial score (nSPS) is 19.9. The maximum Gasteiger partial charge on any atom is 0.422 e. The topological polar surface area (TPSA) is 79.9 Å². The molecule has 3 heterocycles. The number of H-pyrrole nitrogens is 1. The highest BCUT2D eigenvalue weighted by Gasteiger charge is 2.46. The van der Waals surface area contributed by atoms with E-state index in [0.29, 0.717) is 12.1 Å². The van der Waals surface area contributed by atoms with Crippen LogP contribution in [0, 0.1) is 12.8 Å². The molecular formula is C19H19F3N4O2S. The average molecular weight is 424 g/mol. The Bertz CT molecular complexity index is 1050. The Kier molecular flexibility index (Phi) is 4.97. The van der Waals surface area contributed by atoms with Gasteiger partial charge in [0.25, 0.3) is 0 Å². The van der Waals surface area contributed by atoms with Crippen molar-refractivity contribution in [2.75, 3.05) is 6.61 Å². The summed E-state index contributed by atoms with van der Waals surface area (Å²) >= 11 is 1.09. The van der Waals surface area contributed by atoms with Crippen LogP contribution in [0.15, 0.2) is 24.3 Å². The monoisotopic (exact) mass is 424 g/mol. The number of hydrogen-bond acceptors (Lipinski definition) is 5. The maximum absolute atomic E-state index is 12.6. The van der Waals surface area contributed by atoms with Crippen molar-refractivity contribution in [3.63, 3.8) is 0 Å². The summed E-state index contributed by atoms with van der Waals surface area (Å²) < 4.78 is 41.5. The summed E-state index contributed by atoms with van der Waals surface area (Å²) in [5.74, 6) is 0.494. The van der Waals surface area contributed by atoms with Crippen molar-refractivity contribution in [2.45, 2.75) is 38.4 Å². The molecule has 6 nitrogen and oxygen atoms in total. The van der Waals surface area contributed by atoms with Crippen LogP contribution in [0.3, 0.4) is 0 Å². The van der Waals surface area contributed by atoms with Crippen LogP contribution < -0.4 is 10.1 Å². The fourth-order valence-corrected chi connectivity index (χ4v) is 4.02. The molecule has 0 aliphatic heterocycles. The van der Waals surface area contributed by atoms with E-state index in [9.17, 15) is 18.0 Å². The Balaban J connectivity index is 1.34. The standard InChI is InChI=1S/C19H19F3N4O2S/c1-9-3-4-13-17(23-9)26-16(25-13)11-7-12(11)18(27)24-10(2)14-5-6-15(29-14)28-8-19(20,21)22/h3-6,10-12H,7-8H2,1-2H3,(H,24,27)(H,23,25,26)/t10-,11+,12+/m1/s1. The molecule has 0 unspecified atom stereocenters. The maximum atomic E-state index is 12.6. The molecule has 0 radical (unpaired) electrons. The zero-order valence-corrected chi connectivity index (χ0v) is 16.5. The van der Waals surface area contributed by atoms with E-state index in [2.05, 4.69) is 20.3 Å². The largest absolute Gasteiger partial charge is 0.475 e. The number of thiophene rings is 1. The molecule has 0 bridgehead atoms. The fraction of sp³-hybridized carbons (Fsp3) is 0.421. The Morgan fingerprint density at radius 3 is 2.90 bits per heavy atom. The van der Waals surface area contributed by atoms with Gasteiger partial charge in [0.1, 0.15) is 5.82 Å². The molecule has 1 aliphatic carbocycles. The smallest absolute Gasteiger partial charge is 0.422 e. The molecule has 1 fully saturated rings. The predicted octanol–water partition coefficient (Wildman–Crippen LogP) is 4.25. The van der Waals surface area contributed by atoms with Crippen molar-refractivity contribution in [2.24, 2.45) is 5.92 Å². The number of pyridine rings is 1. The van der Waals surface area contributed by atoms with E-state index >= 15 is 0 Å². The Morgan fingerprint density at radius 1 is 1.34 bits per heavy atom. The van der Waals surface area contributed by atoms with E-state index in [1.807, 2.05) is 19.1 Å². The van der Waals surface area contributed by atoms with Crippen molar-refractivity contribution >= 4 is 28.4 Å². The van der Waals surface area contributed by atoms with Crippen LogP contribution in [0.1, 0.15) is 41.7 Å². The van der Waals surface area contributed by atoms with Crippen LogP contribution in [-0.4, -0.2) is 33.6 Å². The van der Waals surface area contributed by atoms with Crippen molar-refractivity contribution in [1.29, 1.82) is 0 Å². The molecule has 4 rings (SSSR count). The minimum Gasteiger partial charge on any atom is -0.475 e. The highest BCUT2D eigenvalue weighted by Crippen LogP contribution is 2.47. The lowest BCUT2D eigenvalue weighted by Gasteiger charge is -2.12. The van der Waals surface area contributed by atoms with Gasteiger partial charge >= 0.3 is 6.18 Å². The summed E-state index contributed by atoms with van der Waals surface area (Å²) in [5, 5.41) is 3.10. The summed E-state index contributed by atoms with van der Waals surface area (Å²) in [6, 6.07) is 6.65. The molecule has 0 saturated heterocycles. The lowest BCUT2D eigenvalue weighted by Crippen LogP contribution is -2.28. The molecule has 1 saturated carbocycles. The number of hydrogen-bond donors (Lipinski definition) is 2. The molecule has 0 spiro atoms. The lowest BCUT2D eigenvalue weighted by atomic mass is 10.2. The molecular weight excluding hydrogens is 405 g/mol. The van der Waals surface area contributed by atoms with Gasteiger partial charge in [-0.25, -0.2) is 9.97 Å². The van der Waals surface area contributed by atoms with Gasteiger partial charge in [-0.1, -0.05) is 0 Å². The number of nitrogens with one attached hydrogen (secondary N) is 2. The number of nitrogens with zero attached hydrogens (tertiary/aromatic N) is 2. The number of fused-ring (bicyclic) bond motifs is 1. The van der Waals surface area contributed by atoms with Crippen molar-refractivity contribution in [3.8, 4) is 5.06 Å². The van der Waals surface area contributed by atoms with Gasteiger partial charge in [0, 0.05) is 22.4 Å². The SMILES string of the molecule is Cc1ccc2[nH]c([C@H]3C[C@@H]3C(=O)N[C@H](C)c3ccc(OCC(F)(F)F)s3)nc2n1. The minimum absolute atomic E-state index is 0.0192. The molecule has 10 heteroatoms. The molecule has 3 aromatic rings. The second kappa shape index (κ2) is 7.33. The first-order valence-electron chi connectivity index (χ1n) is 9.12. The number of rotatable bonds is 6. The first-order chi connectivity index (χ1) is 13.7. The van der Waals surface area contributed by atoms with Crippen LogP contribution in [0.4, 0.5) is 13.2 Å². The summed E-state index contributed by atoms with van der Waals surface area (Å²) in [6.07, 6.45) is -3.68. The summed E-state index contributed by atoms with van der Waals surface area (Å²) in [5.41, 5.74) is 2.36. The predicted molar refractivity (Wildman–Crippen MR) is 102 cm³/mol. The number of aromatic nitrogens is 3. The van der Waals surface area contributed by atoms with E-state index in [0.717, 1.165) is 33.2 Å². The van der Waals surface area contributed by atoms with Crippen LogP contribution in [0.5, 0.6) is 5.06 Å². The van der Waals surface area contributed by atoms with Gasteiger partial charge in [-0.2, -0.15) is 13.2 Å². The van der Waals surface area contributed by atoms with Crippen molar-refractivity contribution in [3.05, 3.63) is 40.7 Å². The highest BCUT2D eigenvalue weighted by atomic mass is 32.1. The van der Waals surface area contributed by atoms with E-state index in [4.69, 9.17) is 4.74 Å². The van der Waals surface area contributed by atoms with Gasteiger partial charge in [-0.15, -0.1) is 11.3 Å². The quantitative estimate of drug-likeness (QED) is 0.620. The van der Waals surface area contributed by atoms with E-state index < -0.39 is 12.8 Å². The number of aromatic amines is 1. The first kappa shape index (κ1) is 19.7. The first-order valence-corrected chi connectivity index (χ1v) is 9.94. The van der Waals surface area contributed by atoms with Gasteiger partial charge in [0.2, 0.25) is 5.91 Å². The minimum atomic E-state index is -4.38. The molecule has 0 aromatic carbocycles. The number of amides is 1. The third-order valence-corrected chi connectivity index (χ3v) is 5.93. The van der Waals surface area contributed by atoms with Crippen LogP contribution in [0.2, 0.25) is 0 Å². The summed E-state index contributed by atoms with van der Waals surface area (Å²) in [6.45, 7) is 2.36. The van der Waals surface area contributed by atoms with Crippen LogP contribution in [-0.2, 0) is 4.79 Å². The van der Waals surface area contributed by atoms with E-state index in [1.54, 1.807) is 13.0 Å². The van der Waals surface area contributed by atoms with Crippen molar-refractivity contribution in [1.82, 2.24) is 20.3 Å². The number of carbonyl (C=O) groups is 1. The lowest BCUT2D eigenvalue weighted by molar-refractivity contribution is -0.152. The third-order valence-electron chi connectivity index (χ3n) is 4.75. The number of alkyl halides is 3. The number of aryl methyl sites for hydroxylation is 1. The Hall–Kier alpha value is -2.62. The van der Waals surface area contributed by atoms with Crippen molar-refractivity contribution < 1.29 is 22.7 Å². The third kappa shape index (κ3) is 4.52. The second-order valence-corrected chi connectivity index (χ2v) is 8.26. The summed E-state index contributed by atoms with van der Waals surface area (Å²) in [4.78, 5) is 25.4. The Morgan fingerprint density at radius 2 is 2.14 bits per heavy atom. The number of imidazole rings is 1. The number of carbonyl (C=O) groups excluding carboxylic acids is 1. The van der Waals surface area contributed by atoms with Crippen LogP contribution >= 0.6 is 11.3 Å². The van der Waals surface area contributed by atoms with E-state index in [1.165, 1.54) is 6.07 Å². The van der Waals surface area contributed by atoms with E-state index in [-0.39, 0.29) is 28.8 Å². The second-order valence-electron chi connectivity index (χ2n) is 7.19. The molecule has 154 valence electrons. The molecule has 3 aromatic heterocycles. The van der Waals surface area contributed by atoms with Gasteiger partial charge in [0.05, 0.1) is 11.6 Å². The van der Waals surface area contributed by atoms with Gasteiger partial charge in [-0.3, -0.25) is 4.79 Å². The van der Waals surface area contributed by atoms with Gasteiger partial charge < -0.3 is 15.0 Å². The molecule has 1 aliphatic rings. The molecule has 1 amide bonds. The van der Waals surface area contributed by atoms with Gasteiger partial charge in [0.15, 0.2) is 17.3 Å². The fourth-order valence-electron chi connectivity index (χ4n) is 3.16. The molecule has 2 N–H and O–H groups in total. The number of ether oxygens (including phenoxy) is 1. The number of halogens is 3. The Labute approximate surface area is 168 Å². The molecule has 3 atom stereocenters. The zero-order chi connectivity index (χ0) is 20.8. The zero-order valence-electron chi connectivity index (χ0n) is 15.7. The van der Waals surface area contributed by atoms with Gasteiger partial charge in [-0.05, 0) is 44.5 Å².